The third-order valence-corrected chi connectivity index (χ3v) is 3.82. The van der Waals surface area contributed by atoms with Crippen LogP contribution in [-0.2, 0) is 19.6 Å². The fourth-order valence-electron chi connectivity index (χ4n) is 1.95. The summed E-state index contributed by atoms with van der Waals surface area (Å²) in [5.41, 5.74) is 1.26. The van der Waals surface area contributed by atoms with Crippen LogP contribution in [0.4, 0.5) is 0 Å². The van der Waals surface area contributed by atoms with Crippen molar-refractivity contribution >= 4 is 11.3 Å². The summed E-state index contributed by atoms with van der Waals surface area (Å²) >= 11 is 1.80. The van der Waals surface area contributed by atoms with Gasteiger partial charge in [0.15, 0.2) is 0 Å². The molecule has 0 bridgehead atoms. The molecular formula is C15H22N2OS. The Morgan fingerprint density at radius 1 is 1.32 bits per heavy atom. The van der Waals surface area contributed by atoms with E-state index in [-0.39, 0.29) is 0 Å². The number of hydrogen-bond donors (Lipinski definition) is 1. The first-order chi connectivity index (χ1) is 9.15. The maximum absolute atomic E-state index is 5.61. The Labute approximate surface area is 119 Å². The summed E-state index contributed by atoms with van der Waals surface area (Å²) in [6, 6.07) is 6.82. The molecule has 0 saturated heterocycles. The van der Waals surface area contributed by atoms with E-state index in [4.69, 9.17) is 4.42 Å². The Kier molecular flexibility index (Phi) is 5.19. The Bertz CT molecular complexity index is 476. The Balaban J connectivity index is 1.89. The molecule has 2 aromatic heterocycles. The van der Waals surface area contributed by atoms with Gasteiger partial charge in [0.25, 0.3) is 0 Å². The quantitative estimate of drug-likeness (QED) is 0.840. The molecule has 2 heterocycles. The van der Waals surface area contributed by atoms with Crippen LogP contribution in [0.3, 0.4) is 0 Å². The standard InChI is InChI=1S/C15H22N2OS/c1-12(2)16-9-13-6-7-18-15(13)11-17(3)10-14-5-4-8-19-14/h4-8,12,16H,9-11H2,1-3H3. The van der Waals surface area contributed by atoms with Crippen molar-refractivity contribution in [3.63, 3.8) is 0 Å². The van der Waals surface area contributed by atoms with Crippen LogP contribution in [-0.4, -0.2) is 18.0 Å². The number of nitrogens with one attached hydrogen (secondary N) is 1. The zero-order valence-corrected chi connectivity index (χ0v) is 12.7. The summed E-state index contributed by atoms with van der Waals surface area (Å²) in [7, 11) is 2.13. The van der Waals surface area contributed by atoms with E-state index >= 15 is 0 Å². The predicted molar refractivity (Wildman–Crippen MR) is 80.2 cm³/mol. The molecule has 0 unspecified atom stereocenters. The minimum absolute atomic E-state index is 0.492. The van der Waals surface area contributed by atoms with Crippen LogP contribution in [0.2, 0.25) is 0 Å². The molecule has 0 spiro atoms. The van der Waals surface area contributed by atoms with Crippen molar-refractivity contribution in [3.05, 3.63) is 46.0 Å². The molecule has 104 valence electrons. The van der Waals surface area contributed by atoms with Crippen molar-refractivity contribution in [2.24, 2.45) is 0 Å². The molecule has 0 aliphatic carbocycles. The molecule has 0 radical (unpaired) electrons. The molecule has 0 saturated carbocycles. The summed E-state index contributed by atoms with van der Waals surface area (Å²) in [4.78, 5) is 3.67. The van der Waals surface area contributed by atoms with Crippen molar-refractivity contribution in [3.8, 4) is 0 Å². The van der Waals surface area contributed by atoms with Crippen LogP contribution < -0.4 is 5.32 Å². The first-order valence-electron chi connectivity index (χ1n) is 6.64. The highest BCUT2D eigenvalue weighted by molar-refractivity contribution is 7.09. The molecule has 19 heavy (non-hydrogen) atoms. The first kappa shape index (κ1) is 14.3. The summed E-state index contributed by atoms with van der Waals surface area (Å²) in [6.45, 7) is 7.00. The molecule has 4 heteroatoms. The highest BCUT2D eigenvalue weighted by atomic mass is 32.1. The average molecular weight is 278 g/mol. The SMILES string of the molecule is CC(C)NCc1ccoc1CN(C)Cc1cccs1. The van der Waals surface area contributed by atoms with E-state index in [9.17, 15) is 0 Å². The van der Waals surface area contributed by atoms with Gasteiger partial charge in [-0.3, -0.25) is 4.90 Å². The molecular weight excluding hydrogens is 256 g/mol. The molecule has 0 aliphatic heterocycles. The third-order valence-electron chi connectivity index (χ3n) is 2.96. The normalized spacial score (nSPS) is 11.6. The molecule has 2 rings (SSSR count). The first-order valence-corrected chi connectivity index (χ1v) is 7.52. The Morgan fingerprint density at radius 2 is 2.16 bits per heavy atom. The number of nitrogens with zero attached hydrogens (tertiary/aromatic N) is 1. The fourth-order valence-corrected chi connectivity index (χ4v) is 2.73. The maximum Gasteiger partial charge on any atom is 0.122 e. The monoisotopic (exact) mass is 278 g/mol. The Hall–Kier alpha value is -1.10. The van der Waals surface area contributed by atoms with Gasteiger partial charge in [-0.2, -0.15) is 0 Å². The van der Waals surface area contributed by atoms with E-state index in [0.717, 1.165) is 25.4 Å². The van der Waals surface area contributed by atoms with Gasteiger partial charge in [0.1, 0.15) is 5.76 Å². The highest BCUT2D eigenvalue weighted by Gasteiger charge is 2.10. The summed E-state index contributed by atoms with van der Waals surface area (Å²) < 4.78 is 5.61. The number of rotatable bonds is 7. The van der Waals surface area contributed by atoms with Crippen molar-refractivity contribution in [1.82, 2.24) is 10.2 Å². The Morgan fingerprint density at radius 3 is 2.84 bits per heavy atom. The van der Waals surface area contributed by atoms with Gasteiger partial charge in [0.05, 0.1) is 12.8 Å². The van der Waals surface area contributed by atoms with Gasteiger partial charge in [-0.05, 0) is 24.6 Å². The lowest BCUT2D eigenvalue weighted by atomic mass is 10.2. The zero-order chi connectivity index (χ0) is 13.7. The molecule has 0 fully saturated rings. The van der Waals surface area contributed by atoms with Gasteiger partial charge in [0, 0.05) is 29.6 Å². The third kappa shape index (κ3) is 4.49. The minimum Gasteiger partial charge on any atom is -0.468 e. The predicted octanol–water partition coefficient (Wildman–Crippen LogP) is 3.47. The van der Waals surface area contributed by atoms with Gasteiger partial charge in [-0.25, -0.2) is 0 Å². The summed E-state index contributed by atoms with van der Waals surface area (Å²) in [5, 5.41) is 5.55. The topological polar surface area (TPSA) is 28.4 Å². The number of hydrogen-bond acceptors (Lipinski definition) is 4. The number of thiophene rings is 1. The van der Waals surface area contributed by atoms with E-state index in [1.54, 1.807) is 17.6 Å². The summed E-state index contributed by atoms with van der Waals surface area (Å²) in [5.74, 6) is 1.06. The molecule has 0 amide bonds. The smallest absolute Gasteiger partial charge is 0.122 e. The van der Waals surface area contributed by atoms with Crippen LogP contribution in [0.25, 0.3) is 0 Å². The minimum atomic E-state index is 0.492. The zero-order valence-electron chi connectivity index (χ0n) is 11.8. The van der Waals surface area contributed by atoms with Gasteiger partial charge >= 0.3 is 0 Å². The van der Waals surface area contributed by atoms with Crippen LogP contribution in [0.15, 0.2) is 34.3 Å². The van der Waals surface area contributed by atoms with E-state index in [1.807, 2.05) is 0 Å². The lowest BCUT2D eigenvalue weighted by molar-refractivity contribution is 0.288. The van der Waals surface area contributed by atoms with Crippen LogP contribution in [0, 0.1) is 0 Å². The van der Waals surface area contributed by atoms with Gasteiger partial charge in [-0.15, -0.1) is 11.3 Å². The van der Waals surface area contributed by atoms with Crippen molar-refractivity contribution in [1.29, 1.82) is 0 Å². The van der Waals surface area contributed by atoms with Crippen molar-refractivity contribution in [2.75, 3.05) is 7.05 Å². The molecule has 1 N–H and O–H groups in total. The van der Waals surface area contributed by atoms with Gasteiger partial charge in [-0.1, -0.05) is 19.9 Å². The second-order valence-electron chi connectivity index (χ2n) is 5.16. The van der Waals surface area contributed by atoms with E-state index in [2.05, 4.69) is 54.7 Å². The molecule has 0 atom stereocenters. The van der Waals surface area contributed by atoms with Crippen molar-refractivity contribution in [2.45, 2.75) is 39.5 Å². The lowest BCUT2D eigenvalue weighted by Crippen LogP contribution is -2.23. The van der Waals surface area contributed by atoms with Gasteiger partial charge in [0.2, 0.25) is 0 Å². The van der Waals surface area contributed by atoms with Crippen LogP contribution in [0.1, 0.15) is 30.0 Å². The molecule has 2 aromatic rings. The van der Waals surface area contributed by atoms with Gasteiger partial charge < -0.3 is 9.73 Å². The van der Waals surface area contributed by atoms with E-state index in [1.165, 1.54) is 10.4 Å². The number of furan rings is 1. The van der Waals surface area contributed by atoms with E-state index in [0.29, 0.717) is 6.04 Å². The molecule has 0 aliphatic rings. The molecule has 3 nitrogen and oxygen atoms in total. The fraction of sp³-hybridized carbons (Fsp3) is 0.467. The van der Waals surface area contributed by atoms with Crippen molar-refractivity contribution < 1.29 is 4.42 Å². The van der Waals surface area contributed by atoms with E-state index < -0.39 is 0 Å². The molecule has 0 aromatic carbocycles. The lowest BCUT2D eigenvalue weighted by Gasteiger charge is -2.15. The maximum atomic E-state index is 5.61. The second kappa shape index (κ2) is 6.89. The highest BCUT2D eigenvalue weighted by Crippen LogP contribution is 2.16. The second-order valence-corrected chi connectivity index (χ2v) is 6.19. The average Bonchev–Trinajstić information content (AvgIpc) is 2.98. The summed E-state index contributed by atoms with van der Waals surface area (Å²) in [6.07, 6.45) is 1.78. The largest absolute Gasteiger partial charge is 0.468 e. The van der Waals surface area contributed by atoms with Crippen LogP contribution >= 0.6 is 11.3 Å². The van der Waals surface area contributed by atoms with Crippen LogP contribution in [0.5, 0.6) is 0 Å².